The van der Waals surface area contributed by atoms with E-state index in [0.717, 1.165) is 21.1 Å². The van der Waals surface area contributed by atoms with Crippen LogP contribution >= 0.6 is 39.3 Å². The zero-order chi connectivity index (χ0) is 17.5. The number of rotatable bonds is 3. The number of anilines is 1. The molecule has 2 aliphatic rings. The van der Waals surface area contributed by atoms with E-state index in [1.54, 1.807) is 11.8 Å². The predicted molar refractivity (Wildman–Crippen MR) is 107 cm³/mol. The zero-order valence-corrected chi connectivity index (χ0v) is 17.3. The number of allylic oxidation sites excluding steroid dienone is 1. The lowest BCUT2D eigenvalue weighted by Gasteiger charge is -2.27. The first-order valence-corrected chi connectivity index (χ1v) is 11.5. The van der Waals surface area contributed by atoms with Crippen LogP contribution < -0.4 is 4.90 Å². The van der Waals surface area contributed by atoms with Gasteiger partial charge in [-0.3, -0.25) is 4.99 Å². The van der Waals surface area contributed by atoms with Crippen LogP contribution in [0.1, 0.15) is 13.8 Å². The van der Waals surface area contributed by atoms with Crippen LogP contribution in [0.15, 0.2) is 39.3 Å². The third kappa shape index (κ3) is 3.84. The molecule has 1 saturated heterocycles. The molecule has 0 N–H and O–H groups in total. The Morgan fingerprint density at radius 1 is 1.46 bits per heavy atom. The largest absolute Gasteiger partial charge is 0.313 e. The molecule has 1 aromatic rings. The average Bonchev–Trinajstić information content (AvgIpc) is 2.91. The summed E-state index contributed by atoms with van der Waals surface area (Å²) in [6.45, 7) is 4.11. The van der Waals surface area contributed by atoms with Crippen LogP contribution in [0, 0.1) is 0 Å². The standard InChI is InChI=1S/C16H18BrClN2O2S2/c1-10(2)5-6-23-16-19-13-8-24(21,22)9-15(13)20(16)14-4-3-11(17)7-12(14)18/h3-5,7,13,15H,6,8-9H2,1-2H3/t13-,15-/m0/s1. The fraction of sp³-hybridized carbons (Fsp3) is 0.438. The highest BCUT2D eigenvalue weighted by atomic mass is 79.9. The molecule has 0 radical (unpaired) electrons. The molecule has 2 heterocycles. The van der Waals surface area contributed by atoms with Gasteiger partial charge in [-0.25, -0.2) is 8.42 Å². The summed E-state index contributed by atoms with van der Waals surface area (Å²) in [6.07, 6.45) is 2.14. The van der Waals surface area contributed by atoms with Crippen molar-refractivity contribution in [1.29, 1.82) is 0 Å². The third-order valence-corrected chi connectivity index (χ3v) is 7.37. The van der Waals surface area contributed by atoms with Crippen molar-refractivity contribution in [2.24, 2.45) is 4.99 Å². The minimum absolute atomic E-state index is 0.120. The van der Waals surface area contributed by atoms with E-state index in [4.69, 9.17) is 16.6 Å². The maximum atomic E-state index is 12.0. The van der Waals surface area contributed by atoms with E-state index in [2.05, 4.69) is 35.9 Å². The minimum atomic E-state index is -3.05. The van der Waals surface area contributed by atoms with Crippen molar-refractivity contribution in [1.82, 2.24) is 0 Å². The number of thioether (sulfide) groups is 1. The number of benzene rings is 1. The van der Waals surface area contributed by atoms with Crippen LogP contribution in [0.5, 0.6) is 0 Å². The van der Waals surface area contributed by atoms with Crippen LogP contribution in [0.2, 0.25) is 5.02 Å². The molecule has 4 nitrogen and oxygen atoms in total. The molecule has 2 atom stereocenters. The second kappa shape index (κ2) is 7.02. The molecule has 0 bridgehead atoms. The van der Waals surface area contributed by atoms with Crippen LogP contribution in [0.3, 0.4) is 0 Å². The first-order valence-electron chi connectivity index (χ1n) is 7.55. The fourth-order valence-corrected chi connectivity index (χ4v) is 6.63. The molecular formula is C16H18BrClN2O2S2. The molecule has 1 aromatic carbocycles. The summed E-state index contributed by atoms with van der Waals surface area (Å²) in [6, 6.07) is 5.28. The second-order valence-corrected chi connectivity index (χ2v) is 10.6. The molecule has 0 saturated carbocycles. The maximum Gasteiger partial charge on any atom is 0.164 e. The van der Waals surface area contributed by atoms with Crippen molar-refractivity contribution in [3.05, 3.63) is 39.3 Å². The number of aliphatic imine (C=N–C) groups is 1. The molecule has 8 heteroatoms. The quantitative estimate of drug-likeness (QED) is 0.651. The monoisotopic (exact) mass is 448 g/mol. The summed E-state index contributed by atoms with van der Waals surface area (Å²) in [5.74, 6) is 1.05. The van der Waals surface area contributed by atoms with Crippen LogP contribution in [-0.4, -0.2) is 42.9 Å². The van der Waals surface area contributed by atoms with Crippen LogP contribution in [0.4, 0.5) is 5.69 Å². The van der Waals surface area contributed by atoms with E-state index in [-0.39, 0.29) is 23.6 Å². The average molecular weight is 450 g/mol. The van der Waals surface area contributed by atoms with E-state index in [9.17, 15) is 8.42 Å². The SMILES string of the molecule is CC(C)=CCSC1=N[C@H]2CS(=O)(=O)C[C@@H]2N1c1ccc(Br)cc1Cl. The first kappa shape index (κ1) is 18.3. The number of sulfone groups is 1. The van der Waals surface area contributed by atoms with Crippen molar-refractivity contribution in [3.63, 3.8) is 0 Å². The Hall–Kier alpha value is -0.500. The highest BCUT2D eigenvalue weighted by Crippen LogP contribution is 2.39. The molecule has 1 fully saturated rings. The summed E-state index contributed by atoms with van der Waals surface area (Å²) in [4.78, 5) is 6.70. The van der Waals surface area contributed by atoms with Gasteiger partial charge in [0.2, 0.25) is 0 Å². The summed E-state index contributed by atoms with van der Waals surface area (Å²) >= 11 is 11.5. The molecule has 0 amide bonds. The summed E-state index contributed by atoms with van der Waals surface area (Å²) < 4.78 is 24.9. The highest BCUT2D eigenvalue weighted by molar-refractivity contribution is 9.10. The van der Waals surface area contributed by atoms with Gasteiger partial charge in [0, 0.05) is 10.2 Å². The lowest BCUT2D eigenvalue weighted by atomic mass is 10.1. The van der Waals surface area contributed by atoms with Gasteiger partial charge in [0.15, 0.2) is 15.0 Å². The van der Waals surface area contributed by atoms with Crippen LogP contribution in [-0.2, 0) is 9.84 Å². The highest BCUT2D eigenvalue weighted by Gasteiger charge is 2.47. The Kier molecular flexibility index (Phi) is 5.35. The number of nitrogens with zero attached hydrogens (tertiary/aromatic N) is 2. The Labute approximate surface area is 160 Å². The van der Waals surface area contributed by atoms with Gasteiger partial charge in [0.05, 0.1) is 34.3 Å². The van der Waals surface area contributed by atoms with Gasteiger partial charge in [-0.1, -0.05) is 50.9 Å². The van der Waals surface area contributed by atoms with E-state index in [1.165, 1.54) is 5.57 Å². The molecule has 3 rings (SSSR count). The van der Waals surface area contributed by atoms with Gasteiger partial charge in [-0.15, -0.1) is 0 Å². The predicted octanol–water partition coefficient (Wildman–Crippen LogP) is 4.14. The van der Waals surface area contributed by atoms with Gasteiger partial charge in [0.25, 0.3) is 0 Å². The van der Waals surface area contributed by atoms with E-state index < -0.39 is 9.84 Å². The van der Waals surface area contributed by atoms with Gasteiger partial charge in [-0.05, 0) is 32.0 Å². The zero-order valence-electron chi connectivity index (χ0n) is 13.4. The fourth-order valence-electron chi connectivity index (χ4n) is 2.87. The third-order valence-electron chi connectivity index (χ3n) is 3.98. The Balaban J connectivity index is 1.95. The van der Waals surface area contributed by atoms with Gasteiger partial charge >= 0.3 is 0 Å². The summed E-state index contributed by atoms with van der Waals surface area (Å²) in [5.41, 5.74) is 2.06. The van der Waals surface area contributed by atoms with Crippen molar-refractivity contribution >= 4 is 60.0 Å². The topological polar surface area (TPSA) is 49.7 Å². The van der Waals surface area contributed by atoms with E-state index in [0.29, 0.717) is 5.02 Å². The first-order chi connectivity index (χ1) is 11.3. The molecular weight excluding hydrogens is 432 g/mol. The van der Waals surface area contributed by atoms with Crippen molar-refractivity contribution in [3.8, 4) is 0 Å². The van der Waals surface area contributed by atoms with Crippen molar-refractivity contribution in [2.75, 3.05) is 22.2 Å². The maximum absolute atomic E-state index is 12.0. The second-order valence-electron chi connectivity index (χ2n) is 6.18. The van der Waals surface area contributed by atoms with Gasteiger partial charge in [0.1, 0.15) is 0 Å². The summed E-state index contributed by atoms with van der Waals surface area (Å²) in [5, 5.41) is 1.44. The van der Waals surface area contributed by atoms with Crippen molar-refractivity contribution in [2.45, 2.75) is 25.9 Å². The number of halogens is 2. The molecule has 130 valence electrons. The molecule has 2 aliphatic heterocycles. The Morgan fingerprint density at radius 2 is 2.21 bits per heavy atom. The molecule has 0 spiro atoms. The van der Waals surface area contributed by atoms with Gasteiger partial charge in [-0.2, -0.15) is 0 Å². The van der Waals surface area contributed by atoms with E-state index >= 15 is 0 Å². The Morgan fingerprint density at radius 3 is 2.88 bits per heavy atom. The number of amidine groups is 1. The van der Waals surface area contributed by atoms with E-state index in [1.807, 2.05) is 23.1 Å². The number of fused-ring (bicyclic) bond motifs is 1. The lowest BCUT2D eigenvalue weighted by Crippen LogP contribution is -2.39. The molecule has 0 unspecified atom stereocenters. The molecule has 24 heavy (non-hydrogen) atoms. The van der Waals surface area contributed by atoms with Gasteiger partial charge < -0.3 is 4.90 Å². The number of hydrogen-bond acceptors (Lipinski definition) is 5. The van der Waals surface area contributed by atoms with Crippen LogP contribution in [0.25, 0.3) is 0 Å². The minimum Gasteiger partial charge on any atom is -0.313 e. The smallest absolute Gasteiger partial charge is 0.164 e. The number of hydrogen-bond donors (Lipinski definition) is 0. The normalized spacial score (nSPS) is 24.7. The van der Waals surface area contributed by atoms with Crippen molar-refractivity contribution < 1.29 is 8.42 Å². The molecule has 0 aliphatic carbocycles. The Bertz CT molecular complexity index is 819. The molecule has 0 aromatic heterocycles. The lowest BCUT2D eigenvalue weighted by molar-refractivity contribution is 0.601. The summed E-state index contributed by atoms with van der Waals surface area (Å²) in [7, 11) is -3.05.